The number of carboxylic acid groups (broad SMARTS) is 1. The molecule has 7 rings (SSSR count). The van der Waals surface area contributed by atoms with Crippen LogP contribution in [0.3, 0.4) is 0 Å². The van der Waals surface area contributed by atoms with E-state index in [2.05, 4.69) is 37.9 Å². The average molecular weight is 618 g/mol. The third-order valence-corrected chi connectivity index (χ3v) is 9.98. The molecular weight excluding hydrogens is 585 g/mol. The Kier molecular flexibility index (Phi) is 6.76. The number of rotatable bonds is 5. The maximum atomic E-state index is 13.8. The highest BCUT2D eigenvalue weighted by Gasteiger charge is 2.46. The molecule has 0 saturated carbocycles. The van der Waals surface area contributed by atoms with Gasteiger partial charge >= 0.3 is 5.97 Å². The van der Waals surface area contributed by atoms with Crippen molar-refractivity contribution in [3.8, 4) is 0 Å². The molecule has 4 aromatic rings. The van der Waals surface area contributed by atoms with E-state index in [4.69, 9.17) is 11.6 Å². The number of anilines is 2. The lowest BCUT2D eigenvalue weighted by atomic mass is 9.82. The minimum absolute atomic E-state index is 0.0274. The number of carbonyl (C=O) groups is 2. The Labute approximate surface area is 259 Å². The van der Waals surface area contributed by atoms with E-state index in [1.807, 2.05) is 30.2 Å². The van der Waals surface area contributed by atoms with Crippen LogP contribution in [0.1, 0.15) is 58.4 Å². The number of carbonyl (C=O) groups excluding carboxylic acids is 1. The van der Waals surface area contributed by atoms with E-state index in [0.29, 0.717) is 31.1 Å². The molecule has 3 aliphatic rings. The van der Waals surface area contributed by atoms with Gasteiger partial charge in [0, 0.05) is 50.1 Å². The van der Waals surface area contributed by atoms with Crippen LogP contribution in [-0.4, -0.2) is 80.7 Å². The van der Waals surface area contributed by atoms with Crippen molar-refractivity contribution in [1.82, 2.24) is 24.5 Å². The Morgan fingerprint density at radius 3 is 2.57 bits per heavy atom. The number of likely N-dealkylation sites (tertiary alicyclic amines) is 1. The molecule has 1 spiro atoms. The first-order chi connectivity index (χ1) is 21.0. The molecule has 1 N–H and O–H groups in total. The molecule has 1 aromatic carbocycles. The molecule has 10 nitrogen and oxygen atoms in total. The van der Waals surface area contributed by atoms with Gasteiger partial charge in [-0.2, -0.15) is 0 Å². The number of amides is 1. The molecule has 1 amide bonds. The molecule has 6 heterocycles. The van der Waals surface area contributed by atoms with E-state index < -0.39 is 11.8 Å². The van der Waals surface area contributed by atoms with Crippen molar-refractivity contribution in [2.45, 2.75) is 38.5 Å². The first-order valence-electron chi connectivity index (χ1n) is 14.8. The SMILES string of the molecule is Cc1cc(N2CC[C@](C)(c3ccc(F)c(Cl)c3)C2)cn2nc(C(=O)N3CC[C@@]4(CCN(c5cccc(C(=O)O)n5)C4)C3)nc12. The fourth-order valence-corrected chi connectivity index (χ4v) is 7.30. The normalized spacial score (nSPS) is 23.4. The number of fused-ring (bicyclic) bond motifs is 1. The van der Waals surface area contributed by atoms with Gasteiger partial charge in [0.1, 0.15) is 11.6 Å². The van der Waals surface area contributed by atoms with Crippen LogP contribution in [0.5, 0.6) is 0 Å². The van der Waals surface area contributed by atoms with Gasteiger partial charge in [-0.15, -0.1) is 5.10 Å². The van der Waals surface area contributed by atoms with Crippen molar-refractivity contribution >= 4 is 40.6 Å². The Bertz CT molecular complexity index is 1810. The monoisotopic (exact) mass is 617 g/mol. The smallest absolute Gasteiger partial charge is 0.354 e. The summed E-state index contributed by atoms with van der Waals surface area (Å²) in [6.45, 7) is 8.40. The van der Waals surface area contributed by atoms with E-state index in [-0.39, 0.29) is 33.3 Å². The van der Waals surface area contributed by atoms with Crippen LogP contribution >= 0.6 is 11.6 Å². The number of hydrogen-bond acceptors (Lipinski definition) is 7. The Morgan fingerprint density at radius 2 is 1.77 bits per heavy atom. The maximum absolute atomic E-state index is 13.8. The zero-order valence-electron chi connectivity index (χ0n) is 24.6. The summed E-state index contributed by atoms with van der Waals surface area (Å²) in [6.07, 6.45) is 4.57. The van der Waals surface area contributed by atoms with Crippen LogP contribution in [0, 0.1) is 18.2 Å². The van der Waals surface area contributed by atoms with Gasteiger partial charge in [0.2, 0.25) is 5.82 Å². The van der Waals surface area contributed by atoms with E-state index in [1.54, 1.807) is 16.6 Å². The zero-order chi connectivity index (χ0) is 30.8. The quantitative estimate of drug-likeness (QED) is 0.339. The van der Waals surface area contributed by atoms with Crippen LogP contribution in [0.4, 0.5) is 15.9 Å². The van der Waals surface area contributed by atoms with Gasteiger partial charge in [0.15, 0.2) is 11.3 Å². The molecule has 2 atom stereocenters. The molecule has 3 fully saturated rings. The molecular formula is C32H33ClFN7O3. The minimum Gasteiger partial charge on any atom is -0.477 e. The lowest BCUT2D eigenvalue weighted by Crippen LogP contribution is -2.34. The molecule has 228 valence electrons. The fraction of sp³-hybridized carbons (Fsp3) is 0.406. The van der Waals surface area contributed by atoms with Crippen molar-refractivity contribution in [2.24, 2.45) is 5.41 Å². The van der Waals surface area contributed by atoms with Gasteiger partial charge in [-0.1, -0.05) is 30.7 Å². The Balaban J connectivity index is 1.06. The molecule has 0 unspecified atom stereocenters. The number of benzene rings is 1. The summed E-state index contributed by atoms with van der Waals surface area (Å²) in [5.41, 5.74) is 3.34. The predicted molar refractivity (Wildman–Crippen MR) is 164 cm³/mol. The topological polar surface area (TPSA) is 107 Å². The minimum atomic E-state index is -1.05. The van der Waals surface area contributed by atoms with Crippen molar-refractivity contribution < 1.29 is 19.1 Å². The molecule has 0 radical (unpaired) electrons. The number of pyridine rings is 2. The van der Waals surface area contributed by atoms with Gasteiger partial charge in [-0.25, -0.2) is 23.7 Å². The van der Waals surface area contributed by atoms with Crippen molar-refractivity contribution in [2.75, 3.05) is 49.1 Å². The lowest BCUT2D eigenvalue weighted by molar-refractivity contribution is 0.0689. The summed E-state index contributed by atoms with van der Waals surface area (Å²) in [6, 6.07) is 12.1. The Hall–Kier alpha value is -4.25. The van der Waals surface area contributed by atoms with E-state index in [9.17, 15) is 19.1 Å². The van der Waals surface area contributed by atoms with E-state index >= 15 is 0 Å². The second kappa shape index (κ2) is 10.4. The van der Waals surface area contributed by atoms with Crippen molar-refractivity contribution in [1.29, 1.82) is 0 Å². The predicted octanol–water partition coefficient (Wildman–Crippen LogP) is 4.83. The van der Waals surface area contributed by atoms with Gasteiger partial charge in [-0.3, -0.25) is 4.79 Å². The molecule has 3 aromatic heterocycles. The summed E-state index contributed by atoms with van der Waals surface area (Å²) < 4.78 is 15.5. The van der Waals surface area contributed by atoms with Crippen LogP contribution in [0.2, 0.25) is 5.02 Å². The standard InChI is InChI=1S/C32H33ClFN7O3/c1-20-14-22(38-11-8-31(2,17-38)21-6-7-24(34)23(33)15-21)16-41-28(20)36-27(37-41)29(42)40-13-10-32(19-40)9-12-39(18-32)26-5-3-4-25(35-26)30(43)44/h3-7,14-16H,8-13,17-19H2,1-2H3,(H,43,44)/t31-,32+/m0/s1. The fourth-order valence-electron chi connectivity index (χ4n) is 7.12. The van der Waals surface area contributed by atoms with Gasteiger partial charge in [0.25, 0.3) is 5.91 Å². The van der Waals surface area contributed by atoms with Crippen molar-refractivity contribution in [3.63, 3.8) is 0 Å². The summed E-state index contributed by atoms with van der Waals surface area (Å²) >= 11 is 6.09. The highest BCUT2D eigenvalue weighted by molar-refractivity contribution is 6.30. The summed E-state index contributed by atoms with van der Waals surface area (Å²) in [4.78, 5) is 40.2. The number of aromatic carboxylic acids is 1. The third-order valence-electron chi connectivity index (χ3n) is 9.69. The second-order valence-corrected chi connectivity index (χ2v) is 13.2. The first kappa shape index (κ1) is 28.5. The van der Waals surface area contributed by atoms with Crippen molar-refractivity contribution in [3.05, 3.63) is 82.1 Å². The number of carboxylic acids is 1. The highest BCUT2D eigenvalue weighted by Crippen LogP contribution is 2.41. The van der Waals surface area contributed by atoms with Crippen LogP contribution in [-0.2, 0) is 5.41 Å². The van der Waals surface area contributed by atoms with Crippen LogP contribution < -0.4 is 9.80 Å². The average Bonchev–Trinajstić information content (AvgIpc) is 3.81. The Morgan fingerprint density at radius 1 is 0.977 bits per heavy atom. The number of aromatic nitrogens is 4. The summed E-state index contributed by atoms with van der Waals surface area (Å²) in [5.74, 6) is -0.811. The molecule has 0 aliphatic carbocycles. The van der Waals surface area contributed by atoms with Gasteiger partial charge in [-0.05, 0) is 67.6 Å². The zero-order valence-corrected chi connectivity index (χ0v) is 25.4. The molecule has 3 saturated heterocycles. The number of nitrogens with zero attached hydrogens (tertiary/aromatic N) is 7. The van der Waals surface area contributed by atoms with Gasteiger partial charge in [0.05, 0.1) is 16.9 Å². The highest BCUT2D eigenvalue weighted by atomic mass is 35.5. The molecule has 12 heteroatoms. The number of hydrogen-bond donors (Lipinski definition) is 1. The summed E-state index contributed by atoms with van der Waals surface area (Å²) in [5, 5.41) is 14.1. The van der Waals surface area contributed by atoms with Gasteiger partial charge < -0.3 is 19.8 Å². The molecule has 44 heavy (non-hydrogen) atoms. The molecule has 3 aliphatic heterocycles. The lowest BCUT2D eigenvalue weighted by Gasteiger charge is -2.26. The van der Waals surface area contributed by atoms with E-state index in [0.717, 1.165) is 55.7 Å². The number of halogens is 2. The van der Waals surface area contributed by atoms with E-state index in [1.165, 1.54) is 12.1 Å². The maximum Gasteiger partial charge on any atom is 0.354 e. The van der Waals surface area contributed by atoms with Crippen LogP contribution in [0.25, 0.3) is 5.65 Å². The summed E-state index contributed by atoms with van der Waals surface area (Å²) in [7, 11) is 0. The third kappa shape index (κ3) is 4.92. The second-order valence-electron chi connectivity index (χ2n) is 12.8. The first-order valence-corrected chi connectivity index (χ1v) is 15.2. The largest absolute Gasteiger partial charge is 0.477 e. The van der Waals surface area contributed by atoms with Crippen LogP contribution in [0.15, 0.2) is 48.7 Å². The molecule has 0 bridgehead atoms. The number of aryl methyl sites for hydroxylation is 1.